The molecule has 0 atom stereocenters. The molecule has 23 aromatic rings. The average Bonchev–Trinajstić information content (AvgIpc) is 0.784. The first kappa shape index (κ1) is 89.0. The van der Waals surface area contributed by atoms with E-state index >= 15 is 0 Å². The van der Waals surface area contributed by atoms with Crippen molar-refractivity contribution in [2.45, 2.75) is 0 Å². The molecular weight excluding hydrogens is 1700 g/mol. The van der Waals surface area contributed by atoms with Crippen LogP contribution in [-0.2, 0) is 0 Å². The normalized spacial score (nSPS) is 10.8. The predicted octanol–water partition coefficient (Wildman–Crippen LogP) is 38.8. The summed E-state index contributed by atoms with van der Waals surface area (Å²) in [6.45, 7) is 0. The second kappa shape index (κ2) is 43.0. The van der Waals surface area contributed by atoms with Crippen LogP contribution in [0.2, 0.25) is 0 Å². The average molecular weight is 1800 g/mol. The summed E-state index contributed by atoms with van der Waals surface area (Å²) in [5, 5.41) is 0. The maximum absolute atomic E-state index is 2.35. The highest BCUT2D eigenvalue weighted by Crippen LogP contribution is 2.47. The van der Waals surface area contributed by atoms with Crippen molar-refractivity contribution in [1.29, 1.82) is 0 Å². The molecule has 0 N–H and O–H groups in total. The standard InChI is InChI=1S/2C48H35N.C42H31N/c1-4-14-36(15-5-1)39-26-30-44(31-27-39)49(45-32-28-40(29-33-45)37-16-6-2-7-17-37)46-23-13-22-43(35-46)48-25-11-10-24-47(48)42-21-12-20-41(34-42)38-18-8-3-9-19-38;1-4-13-36(14-5-1)39-23-25-42(26-24-39)47-21-10-11-22-48(47)43-19-12-20-46(35-43)49(44-31-27-40(28-32-44)37-15-6-2-7-16-37)45-33-29-41(30-34-45)38-17-8-3-9-18-38;1-4-13-32(14-5-1)34-23-27-38(28-24-34)43(39-29-25-35(26-30-39)33-15-6-2-7-16-33)40-20-12-19-37(31-40)42-22-11-10-21-41(42)36-17-8-3-9-18-36/h2*1-35H;1-31H. The lowest BCUT2D eigenvalue weighted by atomic mass is 9.92. The van der Waals surface area contributed by atoms with Crippen molar-refractivity contribution in [2.75, 3.05) is 14.7 Å². The molecular formula is C138H101N3. The Bertz CT molecular complexity index is 7770. The van der Waals surface area contributed by atoms with E-state index in [4.69, 9.17) is 0 Å². The van der Waals surface area contributed by atoms with Crippen molar-refractivity contribution < 1.29 is 0 Å². The van der Waals surface area contributed by atoms with Gasteiger partial charge in [-0.1, -0.05) is 497 Å². The molecule has 0 unspecified atom stereocenters. The summed E-state index contributed by atoms with van der Waals surface area (Å²) >= 11 is 0. The molecule has 23 aromatic carbocycles. The lowest BCUT2D eigenvalue weighted by Gasteiger charge is -2.26. The summed E-state index contributed by atoms with van der Waals surface area (Å²) in [6, 6.07) is 219. The first-order valence-electron chi connectivity index (χ1n) is 48.2. The first-order valence-corrected chi connectivity index (χ1v) is 48.2. The largest absolute Gasteiger partial charge is 0.310 e. The van der Waals surface area contributed by atoms with Gasteiger partial charge in [0.15, 0.2) is 0 Å². The fraction of sp³-hybridized carbons (Fsp3) is 0. The summed E-state index contributed by atoms with van der Waals surface area (Å²) in [6.07, 6.45) is 0. The van der Waals surface area contributed by atoms with Gasteiger partial charge >= 0.3 is 0 Å². The topological polar surface area (TPSA) is 9.72 Å². The third kappa shape index (κ3) is 20.8. The lowest BCUT2D eigenvalue weighted by Crippen LogP contribution is -2.10. The summed E-state index contributed by atoms with van der Waals surface area (Å²) in [5.74, 6) is 0. The summed E-state index contributed by atoms with van der Waals surface area (Å²) in [7, 11) is 0. The Morgan fingerprint density at radius 2 is 0.199 bits per heavy atom. The zero-order valence-electron chi connectivity index (χ0n) is 78.2. The molecule has 0 aromatic heterocycles. The minimum absolute atomic E-state index is 1.10. The Kier molecular flexibility index (Phi) is 27.1. The molecule has 0 saturated carbocycles. The summed E-state index contributed by atoms with van der Waals surface area (Å²) in [4.78, 5) is 7.05. The van der Waals surface area contributed by atoms with E-state index in [0.717, 1.165) is 51.2 Å². The molecule has 0 spiro atoms. The van der Waals surface area contributed by atoms with Gasteiger partial charge in [0.1, 0.15) is 0 Å². The third-order valence-corrected chi connectivity index (χ3v) is 26.1. The lowest BCUT2D eigenvalue weighted by molar-refractivity contribution is 1.28. The van der Waals surface area contributed by atoms with Crippen molar-refractivity contribution >= 4 is 51.2 Å². The highest BCUT2D eigenvalue weighted by atomic mass is 15.2. The van der Waals surface area contributed by atoms with Gasteiger partial charge in [-0.25, -0.2) is 0 Å². The maximum atomic E-state index is 2.35. The molecule has 141 heavy (non-hydrogen) atoms. The van der Waals surface area contributed by atoms with E-state index in [0.29, 0.717) is 0 Å². The van der Waals surface area contributed by atoms with E-state index in [1.165, 1.54) is 156 Å². The number of benzene rings is 23. The molecule has 0 amide bonds. The number of hydrogen-bond acceptors (Lipinski definition) is 3. The van der Waals surface area contributed by atoms with Crippen molar-refractivity contribution in [3.8, 4) is 156 Å². The van der Waals surface area contributed by atoms with E-state index in [2.05, 4.69) is 627 Å². The Morgan fingerprint density at radius 3 is 0.411 bits per heavy atom. The number of hydrogen-bond donors (Lipinski definition) is 0. The Labute approximate surface area is 828 Å². The van der Waals surface area contributed by atoms with Crippen LogP contribution in [-0.4, -0.2) is 0 Å². The molecule has 23 rings (SSSR count). The van der Waals surface area contributed by atoms with Gasteiger partial charge in [0.2, 0.25) is 0 Å². The van der Waals surface area contributed by atoms with Gasteiger partial charge in [0.25, 0.3) is 0 Å². The Balaban J connectivity index is 0.000000126. The highest BCUT2D eigenvalue weighted by Gasteiger charge is 2.22. The fourth-order valence-corrected chi connectivity index (χ4v) is 18.9. The first-order chi connectivity index (χ1) is 69.9. The molecule has 0 saturated heterocycles. The fourth-order valence-electron chi connectivity index (χ4n) is 18.9. The molecule has 0 aliphatic heterocycles. The number of nitrogens with zero attached hydrogens (tertiary/aromatic N) is 3. The van der Waals surface area contributed by atoms with Crippen LogP contribution in [0, 0.1) is 0 Å². The van der Waals surface area contributed by atoms with Gasteiger partial charge in [-0.15, -0.1) is 0 Å². The van der Waals surface area contributed by atoms with E-state index in [9.17, 15) is 0 Å². The quantitative estimate of drug-likeness (QED) is 0.0632. The van der Waals surface area contributed by atoms with E-state index in [1.54, 1.807) is 0 Å². The number of rotatable bonds is 23. The van der Waals surface area contributed by atoms with Gasteiger partial charge in [-0.2, -0.15) is 0 Å². The van der Waals surface area contributed by atoms with E-state index in [1.807, 2.05) is 0 Å². The molecule has 668 valence electrons. The van der Waals surface area contributed by atoms with E-state index < -0.39 is 0 Å². The van der Waals surface area contributed by atoms with Crippen LogP contribution in [0.1, 0.15) is 0 Å². The van der Waals surface area contributed by atoms with Gasteiger partial charge in [0, 0.05) is 51.2 Å². The van der Waals surface area contributed by atoms with Crippen LogP contribution in [0.4, 0.5) is 51.2 Å². The highest BCUT2D eigenvalue weighted by molar-refractivity contribution is 5.93. The molecule has 3 nitrogen and oxygen atoms in total. The molecule has 3 heteroatoms. The molecule has 0 heterocycles. The molecule has 0 aliphatic carbocycles. The van der Waals surface area contributed by atoms with Gasteiger partial charge < -0.3 is 14.7 Å². The van der Waals surface area contributed by atoms with Gasteiger partial charge in [0.05, 0.1) is 0 Å². The molecule has 0 radical (unpaired) electrons. The Hall–Kier alpha value is -18.5. The predicted molar refractivity (Wildman–Crippen MR) is 599 cm³/mol. The SMILES string of the molecule is c1ccc(-c2ccc(-c3ccccc3-c3cccc(N(c4ccc(-c5ccccc5)cc4)c4ccc(-c5ccccc5)cc4)c3)cc2)cc1.c1ccc(-c2ccc(N(c3ccc(-c4ccccc4)cc3)c3cccc(-c4ccccc4-c4cccc(-c5ccccc5)c4)c3)cc2)cc1.c1ccc(-c2ccc(N(c3ccc(-c4ccccc4)cc3)c3cccc(-c4ccccc4-c4ccccc4)c3)cc2)cc1. The van der Waals surface area contributed by atoms with Crippen molar-refractivity contribution in [3.05, 3.63) is 613 Å². The van der Waals surface area contributed by atoms with Crippen LogP contribution in [0.3, 0.4) is 0 Å². The van der Waals surface area contributed by atoms with Crippen molar-refractivity contribution in [3.63, 3.8) is 0 Å². The monoisotopic (exact) mass is 1800 g/mol. The maximum Gasteiger partial charge on any atom is 0.0467 e. The molecule has 0 bridgehead atoms. The smallest absolute Gasteiger partial charge is 0.0467 e. The zero-order chi connectivity index (χ0) is 94.5. The zero-order valence-corrected chi connectivity index (χ0v) is 78.2. The van der Waals surface area contributed by atoms with Crippen LogP contribution in [0.15, 0.2) is 613 Å². The molecule has 0 fully saturated rings. The van der Waals surface area contributed by atoms with Crippen molar-refractivity contribution in [1.82, 2.24) is 0 Å². The van der Waals surface area contributed by atoms with Crippen LogP contribution < -0.4 is 14.7 Å². The third-order valence-electron chi connectivity index (χ3n) is 26.1. The van der Waals surface area contributed by atoms with Crippen molar-refractivity contribution in [2.24, 2.45) is 0 Å². The Morgan fingerprint density at radius 1 is 0.0709 bits per heavy atom. The minimum atomic E-state index is 1.10. The second-order valence-electron chi connectivity index (χ2n) is 35.0. The van der Waals surface area contributed by atoms with E-state index in [-0.39, 0.29) is 0 Å². The molecule has 0 aliphatic rings. The van der Waals surface area contributed by atoms with Gasteiger partial charge in [-0.3, -0.25) is 0 Å². The van der Waals surface area contributed by atoms with Crippen LogP contribution in [0.5, 0.6) is 0 Å². The van der Waals surface area contributed by atoms with Crippen LogP contribution in [0.25, 0.3) is 156 Å². The second-order valence-corrected chi connectivity index (χ2v) is 35.0. The minimum Gasteiger partial charge on any atom is -0.310 e. The summed E-state index contributed by atoms with van der Waals surface area (Å²) in [5.41, 5.74) is 43.7. The number of anilines is 9. The van der Waals surface area contributed by atoms with Crippen LogP contribution >= 0.6 is 0 Å². The van der Waals surface area contributed by atoms with Gasteiger partial charge in [-0.05, 0) is 271 Å². The summed E-state index contributed by atoms with van der Waals surface area (Å²) < 4.78 is 0.